The Balaban J connectivity index is 2.12. The zero-order valence-electron chi connectivity index (χ0n) is 24.2. The van der Waals surface area contributed by atoms with E-state index in [9.17, 15) is 18.0 Å². The maximum Gasteiger partial charge on any atom is 0.264 e. The molecule has 3 aromatic rings. The van der Waals surface area contributed by atoms with Crippen molar-refractivity contribution in [3.8, 4) is 0 Å². The predicted molar refractivity (Wildman–Crippen MR) is 166 cm³/mol. The lowest BCUT2D eigenvalue weighted by Crippen LogP contribution is -2.55. The van der Waals surface area contributed by atoms with Crippen LogP contribution in [0.2, 0.25) is 10.0 Å². The molecule has 10 heteroatoms. The highest BCUT2D eigenvalue weighted by Crippen LogP contribution is 2.35. The fraction of sp³-hybridized carbons (Fsp3) is 0.355. The van der Waals surface area contributed by atoms with Gasteiger partial charge in [-0.25, -0.2) is 8.42 Å². The fourth-order valence-corrected chi connectivity index (χ4v) is 6.29. The van der Waals surface area contributed by atoms with Crippen LogP contribution in [-0.2, 0) is 26.2 Å². The topological polar surface area (TPSA) is 86.8 Å². The molecule has 2 amide bonds. The van der Waals surface area contributed by atoms with Gasteiger partial charge in [0, 0.05) is 12.1 Å². The van der Waals surface area contributed by atoms with Crippen molar-refractivity contribution in [3.63, 3.8) is 0 Å². The van der Waals surface area contributed by atoms with E-state index in [0.29, 0.717) is 6.42 Å². The van der Waals surface area contributed by atoms with E-state index in [0.717, 1.165) is 21.0 Å². The molecular weight excluding hydrogens is 581 g/mol. The highest BCUT2D eigenvalue weighted by Gasteiger charge is 2.35. The van der Waals surface area contributed by atoms with E-state index in [2.05, 4.69) is 5.32 Å². The van der Waals surface area contributed by atoms with Gasteiger partial charge in [-0.3, -0.25) is 13.9 Å². The van der Waals surface area contributed by atoms with Gasteiger partial charge in [-0.05, 0) is 70.9 Å². The Kier molecular flexibility index (Phi) is 10.5. The van der Waals surface area contributed by atoms with Gasteiger partial charge < -0.3 is 10.2 Å². The summed E-state index contributed by atoms with van der Waals surface area (Å²) in [7, 11) is -4.26. The first-order valence-corrected chi connectivity index (χ1v) is 15.5. The molecule has 0 radical (unpaired) electrons. The normalized spacial score (nSPS) is 12.5. The van der Waals surface area contributed by atoms with Crippen molar-refractivity contribution in [2.45, 2.75) is 71.0 Å². The summed E-state index contributed by atoms with van der Waals surface area (Å²) in [6, 6.07) is 17.7. The molecule has 0 heterocycles. The molecule has 0 saturated carbocycles. The minimum absolute atomic E-state index is 0.000375. The van der Waals surface area contributed by atoms with E-state index < -0.39 is 34.1 Å². The molecule has 220 valence electrons. The van der Waals surface area contributed by atoms with Gasteiger partial charge in [0.15, 0.2) is 0 Å². The van der Waals surface area contributed by atoms with Gasteiger partial charge in [-0.15, -0.1) is 0 Å². The van der Waals surface area contributed by atoms with Crippen LogP contribution in [-0.4, -0.2) is 43.3 Å². The second-order valence-corrected chi connectivity index (χ2v) is 13.7. The Bertz CT molecular complexity index is 1500. The van der Waals surface area contributed by atoms with E-state index in [1.807, 2.05) is 65.8 Å². The zero-order chi connectivity index (χ0) is 30.5. The molecule has 0 aliphatic rings. The summed E-state index contributed by atoms with van der Waals surface area (Å²) < 4.78 is 29.0. The number of rotatable bonds is 10. The molecule has 3 aromatic carbocycles. The first-order valence-electron chi connectivity index (χ1n) is 13.3. The molecule has 0 bridgehead atoms. The lowest BCUT2D eigenvalue weighted by molar-refractivity contribution is -0.141. The van der Waals surface area contributed by atoms with Crippen LogP contribution >= 0.6 is 23.2 Å². The number of nitrogens with zero attached hydrogens (tertiary/aromatic N) is 2. The minimum atomic E-state index is -4.26. The Morgan fingerprint density at radius 2 is 1.56 bits per heavy atom. The number of hydrogen-bond acceptors (Lipinski definition) is 4. The van der Waals surface area contributed by atoms with E-state index >= 15 is 0 Å². The Morgan fingerprint density at radius 1 is 0.927 bits per heavy atom. The molecule has 0 aliphatic carbocycles. The van der Waals surface area contributed by atoms with E-state index in [4.69, 9.17) is 23.2 Å². The van der Waals surface area contributed by atoms with Crippen molar-refractivity contribution in [3.05, 3.63) is 93.5 Å². The first-order chi connectivity index (χ1) is 19.1. The van der Waals surface area contributed by atoms with Gasteiger partial charge in [-0.2, -0.15) is 0 Å². The number of aryl methyl sites for hydroxylation is 2. The Labute approximate surface area is 253 Å². The number of sulfonamides is 1. The van der Waals surface area contributed by atoms with Crippen LogP contribution in [0.1, 0.15) is 50.8 Å². The molecule has 1 atom stereocenters. The smallest absolute Gasteiger partial charge is 0.264 e. The number of nitrogens with one attached hydrogen (secondary N) is 1. The van der Waals surface area contributed by atoms with Gasteiger partial charge in [0.25, 0.3) is 10.0 Å². The van der Waals surface area contributed by atoms with Crippen LogP contribution in [0.5, 0.6) is 0 Å². The van der Waals surface area contributed by atoms with E-state index in [1.165, 1.54) is 23.1 Å². The van der Waals surface area contributed by atoms with Crippen LogP contribution in [0.4, 0.5) is 5.69 Å². The van der Waals surface area contributed by atoms with Crippen molar-refractivity contribution in [1.29, 1.82) is 0 Å². The highest BCUT2D eigenvalue weighted by molar-refractivity contribution is 7.92. The lowest BCUT2D eigenvalue weighted by Gasteiger charge is -2.35. The van der Waals surface area contributed by atoms with Crippen LogP contribution < -0.4 is 9.62 Å². The second kappa shape index (κ2) is 13.3. The van der Waals surface area contributed by atoms with Gasteiger partial charge in [0.05, 0.1) is 20.6 Å². The molecule has 0 spiro atoms. The van der Waals surface area contributed by atoms with E-state index in [-0.39, 0.29) is 33.1 Å². The van der Waals surface area contributed by atoms with Crippen LogP contribution in [0.3, 0.4) is 0 Å². The molecule has 1 N–H and O–H groups in total. The summed E-state index contributed by atoms with van der Waals surface area (Å²) in [6.45, 7) is 10.7. The van der Waals surface area contributed by atoms with Crippen LogP contribution in [0, 0.1) is 13.8 Å². The minimum Gasteiger partial charge on any atom is -0.350 e. The Hall–Kier alpha value is -3.07. The third kappa shape index (κ3) is 8.24. The van der Waals surface area contributed by atoms with Crippen LogP contribution in [0.25, 0.3) is 0 Å². The molecule has 0 aliphatic heterocycles. The number of halogens is 2. The maximum absolute atomic E-state index is 14.2. The molecular formula is C31H37Cl2N3O4S. The summed E-state index contributed by atoms with van der Waals surface area (Å²) in [4.78, 5) is 29.0. The van der Waals surface area contributed by atoms with Gasteiger partial charge in [-0.1, -0.05) is 83.7 Å². The standard InChI is InChI=1S/C31H37Cl2N3O4S/c1-7-26(30(38)34-31(4,5)6)35(19-23-11-8-10-22(3)18-23)28(37)20-36(27-13-9-12-25(32)29(27)33)41(39,40)24-16-14-21(2)15-17-24/h8-18,26H,7,19-20H2,1-6H3,(H,34,38)/t26-/m0/s1. The van der Waals surface area contributed by atoms with Gasteiger partial charge in [0.1, 0.15) is 12.6 Å². The monoisotopic (exact) mass is 617 g/mol. The first kappa shape index (κ1) is 32.4. The maximum atomic E-state index is 14.2. The molecule has 0 fully saturated rings. The highest BCUT2D eigenvalue weighted by atomic mass is 35.5. The van der Waals surface area contributed by atoms with Crippen molar-refractivity contribution < 1.29 is 18.0 Å². The average Bonchev–Trinajstić information content (AvgIpc) is 2.88. The largest absolute Gasteiger partial charge is 0.350 e. The Morgan fingerprint density at radius 3 is 2.15 bits per heavy atom. The third-order valence-corrected chi connectivity index (χ3v) is 8.99. The number of carbonyl (C=O) groups excluding carboxylic acids is 2. The second-order valence-electron chi connectivity index (χ2n) is 11.1. The number of amides is 2. The molecule has 3 rings (SSSR count). The fourth-order valence-electron chi connectivity index (χ4n) is 4.42. The number of carbonyl (C=O) groups is 2. The average molecular weight is 619 g/mol. The summed E-state index contributed by atoms with van der Waals surface area (Å²) in [6.07, 6.45) is 0.322. The molecule has 7 nitrogen and oxygen atoms in total. The van der Waals surface area contributed by atoms with Crippen molar-refractivity contribution in [1.82, 2.24) is 10.2 Å². The van der Waals surface area contributed by atoms with E-state index in [1.54, 1.807) is 24.3 Å². The quantitative estimate of drug-likeness (QED) is 0.280. The van der Waals surface area contributed by atoms with Gasteiger partial charge in [0.2, 0.25) is 11.8 Å². The lowest BCUT2D eigenvalue weighted by atomic mass is 10.0. The zero-order valence-corrected chi connectivity index (χ0v) is 26.6. The molecule has 0 saturated heterocycles. The summed E-state index contributed by atoms with van der Waals surface area (Å²) in [5, 5.41) is 3.11. The predicted octanol–water partition coefficient (Wildman–Crippen LogP) is 6.53. The molecule has 0 unspecified atom stereocenters. The number of hydrogen-bond donors (Lipinski definition) is 1. The molecule has 0 aromatic heterocycles. The SMILES string of the molecule is CC[C@@H](C(=O)NC(C)(C)C)N(Cc1cccc(C)c1)C(=O)CN(c1cccc(Cl)c1Cl)S(=O)(=O)c1ccc(C)cc1. The summed E-state index contributed by atoms with van der Waals surface area (Å²) in [5.41, 5.74) is 2.23. The third-order valence-electron chi connectivity index (χ3n) is 6.41. The van der Waals surface area contributed by atoms with Crippen molar-refractivity contribution >= 4 is 50.7 Å². The molecule has 41 heavy (non-hydrogen) atoms. The van der Waals surface area contributed by atoms with Crippen molar-refractivity contribution in [2.75, 3.05) is 10.8 Å². The summed E-state index contributed by atoms with van der Waals surface area (Å²) in [5.74, 6) is -0.885. The van der Waals surface area contributed by atoms with Crippen molar-refractivity contribution in [2.24, 2.45) is 0 Å². The van der Waals surface area contributed by atoms with Crippen LogP contribution in [0.15, 0.2) is 71.6 Å². The summed E-state index contributed by atoms with van der Waals surface area (Å²) >= 11 is 12.8. The number of anilines is 1. The van der Waals surface area contributed by atoms with Gasteiger partial charge >= 0.3 is 0 Å². The number of benzene rings is 3.